The molecule has 20 heavy (non-hydrogen) atoms. The fourth-order valence-corrected chi connectivity index (χ4v) is 2.71. The molecule has 0 bridgehead atoms. The predicted molar refractivity (Wildman–Crippen MR) is 78.1 cm³/mol. The predicted octanol–water partition coefficient (Wildman–Crippen LogP) is 1.78. The highest BCUT2D eigenvalue weighted by molar-refractivity contribution is 7.41. The molecule has 1 atom stereocenters. The zero-order chi connectivity index (χ0) is 14.4. The van der Waals surface area contributed by atoms with Crippen LogP contribution in [0.4, 0.5) is 0 Å². The first-order valence-electron chi connectivity index (χ1n) is 6.21. The van der Waals surface area contributed by atoms with Gasteiger partial charge < -0.3 is 4.90 Å². The van der Waals surface area contributed by atoms with Gasteiger partial charge in [0, 0.05) is 7.05 Å². The van der Waals surface area contributed by atoms with E-state index in [2.05, 4.69) is 14.2 Å². The number of imidazole rings is 1. The molecular weight excluding hydrogens is 273 g/mol. The second kappa shape index (κ2) is 4.53. The summed E-state index contributed by atoms with van der Waals surface area (Å²) in [6.07, 6.45) is 1.60. The number of amides is 1. The Kier molecular flexibility index (Phi) is 2.94. The third kappa shape index (κ3) is 1.86. The average molecular weight is 287 g/mol. The zero-order valence-corrected chi connectivity index (χ0v) is 12.4. The topological polar surface area (TPSA) is 55.2 Å². The molecule has 1 aromatic heterocycles. The molecule has 1 aromatic carbocycles. The second-order valence-electron chi connectivity index (χ2n) is 4.96. The summed E-state index contributed by atoms with van der Waals surface area (Å²) in [6, 6.07) is 5.71. The van der Waals surface area contributed by atoms with Gasteiger partial charge in [0.1, 0.15) is 12.0 Å². The maximum Gasteiger partial charge on any atom is 0.256 e. The average Bonchev–Trinajstić information content (AvgIpc) is 2.77. The smallest absolute Gasteiger partial charge is 0.256 e. The van der Waals surface area contributed by atoms with Gasteiger partial charge in [-0.15, -0.1) is 0 Å². The van der Waals surface area contributed by atoms with Crippen molar-refractivity contribution in [3.8, 4) is 5.69 Å². The van der Waals surface area contributed by atoms with E-state index in [4.69, 9.17) is 0 Å². The van der Waals surface area contributed by atoms with Crippen LogP contribution in [0.15, 0.2) is 24.5 Å². The third-order valence-electron chi connectivity index (χ3n) is 3.48. The summed E-state index contributed by atoms with van der Waals surface area (Å²) >= 11 is 0. The summed E-state index contributed by atoms with van der Waals surface area (Å²) in [4.78, 5) is 29.8. The lowest BCUT2D eigenvalue weighted by molar-refractivity contribution is 0.0786. The fraction of sp³-hybridized carbons (Fsp3) is 0.214. The number of nitrogens with zero attached hydrogens (tertiary/aromatic N) is 3. The molecule has 0 radical (unpaired) electrons. The maximum atomic E-state index is 12.4. The molecule has 0 saturated heterocycles. The van der Waals surface area contributed by atoms with Crippen molar-refractivity contribution >= 4 is 20.7 Å². The fourth-order valence-electron chi connectivity index (χ4n) is 2.47. The van der Waals surface area contributed by atoms with Crippen LogP contribution in [0.25, 0.3) is 5.69 Å². The van der Waals surface area contributed by atoms with E-state index in [1.54, 1.807) is 18.3 Å². The van der Waals surface area contributed by atoms with Crippen molar-refractivity contribution in [3.05, 3.63) is 47.0 Å². The van der Waals surface area contributed by atoms with Crippen LogP contribution >= 0.6 is 9.24 Å². The van der Waals surface area contributed by atoms with Crippen LogP contribution in [-0.2, 0) is 6.54 Å². The summed E-state index contributed by atoms with van der Waals surface area (Å²) in [5, 5.41) is 0. The Morgan fingerprint density at radius 2 is 2.15 bits per heavy atom. The Labute approximate surface area is 118 Å². The SMILES string of the molecule is Cc1ccc2c(c1)C(=O)N(C)Cc1c(C(=O)P)ncn1-2. The number of rotatable bonds is 1. The molecule has 0 fully saturated rings. The lowest BCUT2D eigenvalue weighted by Crippen LogP contribution is -2.25. The molecule has 1 unspecified atom stereocenters. The Bertz CT molecular complexity index is 736. The van der Waals surface area contributed by atoms with Crippen LogP contribution in [0.2, 0.25) is 0 Å². The molecular formula is C14H14N3O2P. The van der Waals surface area contributed by atoms with Crippen LogP contribution in [0.5, 0.6) is 0 Å². The Morgan fingerprint density at radius 1 is 1.40 bits per heavy atom. The molecule has 3 rings (SSSR count). The molecule has 1 aliphatic rings. The molecule has 102 valence electrons. The van der Waals surface area contributed by atoms with Crippen molar-refractivity contribution in [2.45, 2.75) is 13.5 Å². The van der Waals surface area contributed by atoms with E-state index in [0.29, 0.717) is 17.8 Å². The Hall–Kier alpha value is -2.00. The van der Waals surface area contributed by atoms with Crippen molar-refractivity contribution in [2.75, 3.05) is 7.05 Å². The van der Waals surface area contributed by atoms with Gasteiger partial charge >= 0.3 is 0 Å². The van der Waals surface area contributed by atoms with Gasteiger partial charge in [-0.25, -0.2) is 4.98 Å². The van der Waals surface area contributed by atoms with Gasteiger partial charge in [0.25, 0.3) is 5.91 Å². The number of hydrogen-bond donors (Lipinski definition) is 0. The normalized spacial score (nSPS) is 13.8. The van der Waals surface area contributed by atoms with Crippen LogP contribution in [0, 0.1) is 6.92 Å². The first-order chi connectivity index (χ1) is 9.49. The summed E-state index contributed by atoms with van der Waals surface area (Å²) < 4.78 is 1.83. The quantitative estimate of drug-likeness (QED) is 0.751. The summed E-state index contributed by atoms with van der Waals surface area (Å²) in [5.74, 6) is -0.0467. The standard InChI is InChI=1S/C14H14N3O2P/c1-8-3-4-10-9(5-8)13(18)16(2)6-11-12(14(19)20)15-7-17(10)11/h3-5,7H,6,20H2,1-2H3. The second-order valence-corrected chi connectivity index (χ2v) is 5.48. The molecule has 2 heterocycles. The number of fused-ring (bicyclic) bond motifs is 3. The number of aryl methyl sites for hydroxylation is 1. The molecule has 0 saturated carbocycles. The molecule has 0 N–H and O–H groups in total. The van der Waals surface area contributed by atoms with Crippen molar-refractivity contribution < 1.29 is 9.59 Å². The molecule has 1 aliphatic heterocycles. The molecule has 1 amide bonds. The number of hydrogen-bond acceptors (Lipinski definition) is 3. The Balaban J connectivity index is 2.31. The highest BCUT2D eigenvalue weighted by atomic mass is 31.0. The molecule has 5 nitrogen and oxygen atoms in total. The van der Waals surface area contributed by atoms with Gasteiger partial charge in [-0.05, 0) is 19.1 Å². The van der Waals surface area contributed by atoms with Crippen LogP contribution in [0.1, 0.15) is 32.1 Å². The number of aromatic nitrogens is 2. The summed E-state index contributed by atoms with van der Waals surface area (Å²) in [6.45, 7) is 2.31. The van der Waals surface area contributed by atoms with Gasteiger partial charge in [-0.2, -0.15) is 0 Å². The first kappa shape index (κ1) is 13.0. The molecule has 6 heteroatoms. The number of carbonyl (C=O) groups is 2. The van der Waals surface area contributed by atoms with Gasteiger partial charge in [-0.3, -0.25) is 14.2 Å². The van der Waals surface area contributed by atoms with E-state index < -0.39 is 0 Å². The van der Waals surface area contributed by atoms with Crippen molar-refractivity contribution in [2.24, 2.45) is 0 Å². The van der Waals surface area contributed by atoms with Crippen LogP contribution in [0.3, 0.4) is 0 Å². The lowest BCUT2D eigenvalue weighted by Gasteiger charge is -2.14. The minimum Gasteiger partial charge on any atom is -0.336 e. The van der Waals surface area contributed by atoms with Gasteiger partial charge in [0.15, 0.2) is 5.52 Å². The molecule has 0 aliphatic carbocycles. The first-order valence-corrected chi connectivity index (χ1v) is 6.79. The van der Waals surface area contributed by atoms with E-state index >= 15 is 0 Å². The number of benzene rings is 1. The third-order valence-corrected chi connectivity index (χ3v) is 3.75. The van der Waals surface area contributed by atoms with E-state index in [1.807, 2.05) is 29.7 Å². The van der Waals surface area contributed by atoms with Gasteiger partial charge in [-0.1, -0.05) is 20.9 Å². The van der Waals surface area contributed by atoms with Gasteiger partial charge in [0.05, 0.1) is 23.5 Å². The highest BCUT2D eigenvalue weighted by Gasteiger charge is 2.27. The Morgan fingerprint density at radius 3 is 2.85 bits per heavy atom. The minimum absolute atomic E-state index is 0.0467. The highest BCUT2D eigenvalue weighted by Crippen LogP contribution is 2.27. The lowest BCUT2D eigenvalue weighted by atomic mass is 10.1. The van der Waals surface area contributed by atoms with E-state index in [0.717, 1.165) is 16.9 Å². The molecule has 2 aromatic rings. The van der Waals surface area contributed by atoms with Crippen LogP contribution in [-0.4, -0.2) is 32.9 Å². The van der Waals surface area contributed by atoms with E-state index in [1.165, 1.54) is 0 Å². The largest absolute Gasteiger partial charge is 0.336 e. The van der Waals surface area contributed by atoms with Crippen molar-refractivity contribution in [1.29, 1.82) is 0 Å². The van der Waals surface area contributed by atoms with Crippen molar-refractivity contribution in [3.63, 3.8) is 0 Å². The minimum atomic E-state index is -0.171. The maximum absolute atomic E-state index is 12.4. The van der Waals surface area contributed by atoms with Crippen molar-refractivity contribution in [1.82, 2.24) is 14.5 Å². The molecule has 0 spiro atoms. The summed E-state index contributed by atoms with van der Waals surface area (Å²) in [7, 11) is 3.86. The van der Waals surface area contributed by atoms with Crippen LogP contribution < -0.4 is 0 Å². The zero-order valence-electron chi connectivity index (χ0n) is 11.3. The summed E-state index contributed by atoms with van der Waals surface area (Å²) in [5.41, 5.74) is 3.38. The number of carbonyl (C=O) groups excluding carboxylic acids is 2. The monoisotopic (exact) mass is 287 g/mol. The van der Waals surface area contributed by atoms with Gasteiger partial charge in [0.2, 0.25) is 0 Å². The van der Waals surface area contributed by atoms with E-state index in [-0.39, 0.29) is 11.4 Å². The van der Waals surface area contributed by atoms with E-state index in [9.17, 15) is 9.59 Å².